The molecule has 0 heterocycles. The standard InChI is InChI=1S/C15H26/c1-4-13(2)9-6-5-7-11-15-12-8-10-14(15)3/h8,12-13H,4-7,9-11H2,1-3H3. The van der Waals surface area contributed by atoms with E-state index >= 15 is 0 Å². The molecule has 86 valence electrons. The van der Waals surface area contributed by atoms with Crippen molar-refractivity contribution in [2.75, 3.05) is 0 Å². The van der Waals surface area contributed by atoms with Crippen LogP contribution in [0.25, 0.3) is 0 Å². The van der Waals surface area contributed by atoms with Crippen LogP contribution in [0.1, 0.15) is 65.7 Å². The van der Waals surface area contributed by atoms with Crippen LogP contribution in [-0.2, 0) is 0 Å². The second kappa shape index (κ2) is 6.87. The summed E-state index contributed by atoms with van der Waals surface area (Å²) in [6.45, 7) is 6.93. The minimum atomic E-state index is 0.928. The monoisotopic (exact) mass is 206 g/mol. The fourth-order valence-corrected chi connectivity index (χ4v) is 2.14. The van der Waals surface area contributed by atoms with E-state index in [9.17, 15) is 0 Å². The topological polar surface area (TPSA) is 0 Å². The highest BCUT2D eigenvalue weighted by molar-refractivity contribution is 5.32. The van der Waals surface area contributed by atoms with E-state index in [0.29, 0.717) is 0 Å². The van der Waals surface area contributed by atoms with Crippen molar-refractivity contribution in [2.45, 2.75) is 65.7 Å². The van der Waals surface area contributed by atoms with Gasteiger partial charge in [0, 0.05) is 0 Å². The first-order valence-electron chi connectivity index (χ1n) is 6.59. The van der Waals surface area contributed by atoms with E-state index in [-0.39, 0.29) is 0 Å². The molecule has 0 heteroatoms. The molecule has 1 aliphatic rings. The summed E-state index contributed by atoms with van der Waals surface area (Å²) in [6.07, 6.45) is 14.1. The Balaban J connectivity index is 2.02. The predicted molar refractivity (Wildman–Crippen MR) is 69.0 cm³/mol. The lowest BCUT2D eigenvalue weighted by Crippen LogP contribution is -1.91. The van der Waals surface area contributed by atoms with Crippen molar-refractivity contribution in [3.8, 4) is 0 Å². The molecule has 0 nitrogen and oxygen atoms in total. The van der Waals surface area contributed by atoms with Gasteiger partial charge in [0.2, 0.25) is 0 Å². The van der Waals surface area contributed by atoms with E-state index in [1.165, 1.54) is 44.9 Å². The molecular formula is C15H26. The van der Waals surface area contributed by atoms with Crippen LogP contribution >= 0.6 is 0 Å². The smallest absolute Gasteiger partial charge is 0.0133 e. The zero-order valence-electron chi connectivity index (χ0n) is 10.7. The van der Waals surface area contributed by atoms with Crippen LogP contribution in [0.4, 0.5) is 0 Å². The molecule has 0 aliphatic heterocycles. The van der Waals surface area contributed by atoms with Gasteiger partial charge in [-0.25, -0.2) is 0 Å². The third kappa shape index (κ3) is 4.68. The van der Waals surface area contributed by atoms with E-state index in [1.807, 2.05) is 0 Å². The van der Waals surface area contributed by atoms with E-state index in [0.717, 1.165) is 5.92 Å². The van der Waals surface area contributed by atoms with Crippen LogP contribution in [0.15, 0.2) is 23.3 Å². The van der Waals surface area contributed by atoms with Gasteiger partial charge < -0.3 is 0 Å². The number of unbranched alkanes of at least 4 members (excludes halogenated alkanes) is 2. The molecule has 0 aromatic heterocycles. The van der Waals surface area contributed by atoms with Gasteiger partial charge in [-0.3, -0.25) is 0 Å². The summed E-state index contributed by atoms with van der Waals surface area (Å²) >= 11 is 0. The predicted octanol–water partition coefficient (Wildman–Crippen LogP) is 5.26. The van der Waals surface area contributed by atoms with E-state index in [2.05, 4.69) is 32.9 Å². The number of hydrogen-bond acceptors (Lipinski definition) is 0. The third-order valence-corrected chi connectivity index (χ3v) is 3.63. The van der Waals surface area contributed by atoms with Gasteiger partial charge in [-0.2, -0.15) is 0 Å². The Morgan fingerprint density at radius 3 is 2.67 bits per heavy atom. The maximum absolute atomic E-state index is 2.37. The minimum Gasteiger partial charge on any atom is -0.0802 e. The number of allylic oxidation sites excluding steroid dienone is 4. The Labute approximate surface area is 95.5 Å². The normalized spacial score (nSPS) is 17.5. The summed E-state index contributed by atoms with van der Waals surface area (Å²) in [7, 11) is 0. The third-order valence-electron chi connectivity index (χ3n) is 3.63. The van der Waals surface area contributed by atoms with Crippen molar-refractivity contribution in [1.82, 2.24) is 0 Å². The molecule has 0 spiro atoms. The summed E-state index contributed by atoms with van der Waals surface area (Å²) in [5.74, 6) is 0.928. The zero-order valence-corrected chi connectivity index (χ0v) is 10.7. The molecule has 0 radical (unpaired) electrons. The van der Waals surface area contributed by atoms with Crippen LogP contribution in [0.3, 0.4) is 0 Å². The molecule has 1 atom stereocenters. The van der Waals surface area contributed by atoms with Crippen LogP contribution in [0, 0.1) is 5.92 Å². The largest absolute Gasteiger partial charge is 0.0802 e. The average molecular weight is 206 g/mol. The molecule has 0 saturated carbocycles. The molecule has 0 fully saturated rings. The summed E-state index contributed by atoms with van der Waals surface area (Å²) < 4.78 is 0. The van der Waals surface area contributed by atoms with Crippen molar-refractivity contribution in [2.24, 2.45) is 5.92 Å². The van der Waals surface area contributed by atoms with Crippen molar-refractivity contribution in [3.63, 3.8) is 0 Å². The Kier molecular flexibility index (Phi) is 5.75. The molecule has 0 aromatic carbocycles. The van der Waals surface area contributed by atoms with Crippen molar-refractivity contribution in [3.05, 3.63) is 23.3 Å². The molecular weight excluding hydrogens is 180 g/mol. The van der Waals surface area contributed by atoms with Crippen molar-refractivity contribution in [1.29, 1.82) is 0 Å². The molecule has 1 unspecified atom stereocenters. The first-order chi connectivity index (χ1) is 7.24. The Morgan fingerprint density at radius 1 is 1.27 bits per heavy atom. The van der Waals surface area contributed by atoms with Crippen LogP contribution < -0.4 is 0 Å². The quantitative estimate of drug-likeness (QED) is 0.498. The van der Waals surface area contributed by atoms with Crippen molar-refractivity contribution >= 4 is 0 Å². The molecule has 1 rings (SSSR count). The SMILES string of the molecule is CCC(C)CCCCCC1=C(C)CC=C1. The highest BCUT2D eigenvalue weighted by Crippen LogP contribution is 2.23. The first-order valence-corrected chi connectivity index (χ1v) is 6.59. The first kappa shape index (κ1) is 12.5. The maximum atomic E-state index is 2.37. The summed E-state index contributed by atoms with van der Waals surface area (Å²) in [5.41, 5.74) is 3.20. The van der Waals surface area contributed by atoms with Crippen LogP contribution in [-0.4, -0.2) is 0 Å². The number of rotatable bonds is 7. The average Bonchev–Trinajstić information content (AvgIpc) is 2.63. The van der Waals surface area contributed by atoms with Gasteiger partial charge in [0.25, 0.3) is 0 Å². The molecule has 0 aromatic rings. The van der Waals surface area contributed by atoms with Gasteiger partial charge in [-0.1, -0.05) is 57.3 Å². The van der Waals surface area contributed by atoms with Gasteiger partial charge in [-0.15, -0.1) is 0 Å². The molecule has 0 N–H and O–H groups in total. The second-order valence-electron chi connectivity index (χ2n) is 5.02. The van der Waals surface area contributed by atoms with Gasteiger partial charge >= 0.3 is 0 Å². The fraction of sp³-hybridized carbons (Fsp3) is 0.733. The van der Waals surface area contributed by atoms with Crippen LogP contribution in [0.5, 0.6) is 0 Å². The molecule has 0 saturated heterocycles. The highest BCUT2D eigenvalue weighted by atomic mass is 14.1. The fourth-order valence-electron chi connectivity index (χ4n) is 2.14. The van der Waals surface area contributed by atoms with Crippen molar-refractivity contribution < 1.29 is 0 Å². The Hall–Kier alpha value is -0.520. The van der Waals surface area contributed by atoms with Gasteiger partial charge in [-0.05, 0) is 37.7 Å². The Bertz CT molecular complexity index is 232. The molecule has 1 aliphatic carbocycles. The lowest BCUT2D eigenvalue weighted by molar-refractivity contribution is 0.478. The van der Waals surface area contributed by atoms with Gasteiger partial charge in [0.05, 0.1) is 0 Å². The lowest BCUT2D eigenvalue weighted by atomic mass is 9.99. The second-order valence-corrected chi connectivity index (χ2v) is 5.02. The summed E-state index contributed by atoms with van der Waals surface area (Å²) in [5, 5.41) is 0. The van der Waals surface area contributed by atoms with Crippen LogP contribution in [0.2, 0.25) is 0 Å². The molecule has 0 bridgehead atoms. The van der Waals surface area contributed by atoms with E-state index in [4.69, 9.17) is 0 Å². The number of hydrogen-bond donors (Lipinski definition) is 0. The van der Waals surface area contributed by atoms with Gasteiger partial charge in [0.1, 0.15) is 0 Å². The minimum absolute atomic E-state index is 0.928. The molecule has 15 heavy (non-hydrogen) atoms. The lowest BCUT2D eigenvalue weighted by Gasteiger charge is -2.07. The summed E-state index contributed by atoms with van der Waals surface area (Å²) in [6, 6.07) is 0. The van der Waals surface area contributed by atoms with Gasteiger partial charge in [0.15, 0.2) is 0 Å². The highest BCUT2D eigenvalue weighted by Gasteiger charge is 2.04. The van der Waals surface area contributed by atoms with E-state index < -0.39 is 0 Å². The zero-order chi connectivity index (χ0) is 11.1. The maximum Gasteiger partial charge on any atom is -0.0133 e. The summed E-state index contributed by atoms with van der Waals surface area (Å²) in [4.78, 5) is 0. The Morgan fingerprint density at radius 2 is 2.07 bits per heavy atom. The van der Waals surface area contributed by atoms with E-state index in [1.54, 1.807) is 11.1 Å². The molecule has 0 amide bonds.